The van der Waals surface area contributed by atoms with Gasteiger partial charge in [0.05, 0.1) is 5.92 Å². The number of aliphatic carboxylic acids is 1. The molecule has 2 spiro atoms. The fourth-order valence-electron chi connectivity index (χ4n) is 4.65. The summed E-state index contributed by atoms with van der Waals surface area (Å²) in [4.78, 5) is 21.7. The van der Waals surface area contributed by atoms with Gasteiger partial charge in [-0.3, -0.25) is 9.59 Å². The number of carboxylic acid groups (broad SMARTS) is 1. The molecule has 0 aliphatic heterocycles. The molecule has 17 heavy (non-hydrogen) atoms. The molecule has 0 aromatic rings. The lowest BCUT2D eigenvalue weighted by molar-refractivity contribution is -0.188. The van der Waals surface area contributed by atoms with E-state index in [1.807, 2.05) is 0 Å². The standard InChI is InChI=1S/C13H19NO3/c1-8(15)14-10-4-13(5-10)6-12(7-13)2-9(3-12)11(16)17/h9-10H,2-7H2,1H3,(H,14,15)(H,16,17). The number of amides is 1. The minimum Gasteiger partial charge on any atom is -0.481 e. The van der Waals surface area contributed by atoms with Gasteiger partial charge in [0.25, 0.3) is 0 Å². The molecule has 0 radical (unpaired) electrons. The topological polar surface area (TPSA) is 66.4 Å². The van der Waals surface area contributed by atoms with Crippen LogP contribution in [0.15, 0.2) is 0 Å². The Balaban J connectivity index is 1.45. The summed E-state index contributed by atoms with van der Waals surface area (Å²) < 4.78 is 0. The highest BCUT2D eigenvalue weighted by Gasteiger charge is 2.64. The maximum atomic E-state index is 10.9. The van der Waals surface area contributed by atoms with Gasteiger partial charge in [-0.2, -0.15) is 0 Å². The van der Waals surface area contributed by atoms with E-state index < -0.39 is 5.97 Å². The number of nitrogens with one attached hydrogen (secondary N) is 1. The maximum absolute atomic E-state index is 10.9. The average Bonchev–Trinajstić information content (AvgIpc) is 2.01. The molecule has 3 aliphatic carbocycles. The van der Waals surface area contributed by atoms with E-state index in [0.717, 1.165) is 25.7 Å². The second-order valence-electron chi connectivity index (χ2n) is 6.60. The van der Waals surface area contributed by atoms with Crippen LogP contribution in [0.3, 0.4) is 0 Å². The zero-order valence-corrected chi connectivity index (χ0v) is 10.2. The number of carbonyl (C=O) groups is 2. The van der Waals surface area contributed by atoms with E-state index in [4.69, 9.17) is 5.11 Å². The molecule has 3 rings (SSSR count). The molecule has 0 aromatic heterocycles. The molecule has 0 bridgehead atoms. The van der Waals surface area contributed by atoms with E-state index in [9.17, 15) is 9.59 Å². The zero-order valence-electron chi connectivity index (χ0n) is 10.2. The summed E-state index contributed by atoms with van der Waals surface area (Å²) in [5.41, 5.74) is 0.820. The molecule has 3 aliphatic rings. The van der Waals surface area contributed by atoms with Gasteiger partial charge in [-0.1, -0.05) is 0 Å². The Hall–Kier alpha value is -1.06. The minimum absolute atomic E-state index is 0.0634. The van der Waals surface area contributed by atoms with Crippen LogP contribution in [0.5, 0.6) is 0 Å². The molecular weight excluding hydrogens is 218 g/mol. The Bertz CT molecular complexity index is 368. The average molecular weight is 237 g/mol. The molecule has 0 atom stereocenters. The number of carbonyl (C=O) groups excluding carboxylic acids is 1. The summed E-state index contributed by atoms with van der Waals surface area (Å²) >= 11 is 0. The monoisotopic (exact) mass is 237 g/mol. The normalized spacial score (nSPS) is 46.9. The van der Waals surface area contributed by atoms with Crippen molar-refractivity contribution >= 4 is 11.9 Å². The van der Waals surface area contributed by atoms with E-state index in [1.54, 1.807) is 6.92 Å². The third-order valence-corrected chi connectivity index (χ3v) is 4.97. The third-order valence-electron chi connectivity index (χ3n) is 4.97. The number of hydrogen-bond donors (Lipinski definition) is 2. The Labute approximate surface area is 101 Å². The van der Waals surface area contributed by atoms with Gasteiger partial charge >= 0.3 is 5.97 Å². The quantitative estimate of drug-likeness (QED) is 0.765. The molecule has 1 amide bonds. The van der Waals surface area contributed by atoms with Gasteiger partial charge in [-0.15, -0.1) is 0 Å². The molecule has 3 saturated carbocycles. The van der Waals surface area contributed by atoms with Crippen molar-refractivity contribution in [3.63, 3.8) is 0 Å². The smallest absolute Gasteiger partial charge is 0.306 e. The molecule has 4 heteroatoms. The van der Waals surface area contributed by atoms with Crippen LogP contribution in [0.1, 0.15) is 45.4 Å². The molecule has 0 heterocycles. The fraction of sp³-hybridized carbons (Fsp3) is 0.846. The summed E-state index contributed by atoms with van der Waals surface area (Å²) in [6.07, 6.45) is 6.36. The SMILES string of the molecule is CC(=O)NC1CC2(C1)CC1(CC(C(=O)O)C1)C2. The van der Waals surface area contributed by atoms with Crippen LogP contribution >= 0.6 is 0 Å². The van der Waals surface area contributed by atoms with Crippen molar-refractivity contribution in [1.82, 2.24) is 5.32 Å². The molecule has 94 valence electrons. The third kappa shape index (κ3) is 1.65. The van der Waals surface area contributed by atoms with Crippen molar-refractivity contribution in [3.05, 3.63) is 0 Å². The van der Waals surface area contributed by atoms with Crippen LogP contribution in [-0.4, -0.2) is 23.0 Å². The van der Waals surface area contributed by atoms with Crippen LogP contribution in [-0.2, 0) is 9.59 Å². The van der Waals surface area contributed by atoms with E-state index in [2.05, 4.69) is 5.32 Å². The summed E-state index contributed by atoms with van der Waals surface area (Å²) in [5.74, 6) is -0.645. The molecule has 0 unspecified atom stereocenters. The van der Waals surface area contributed by atoms with Gasteiger partial charge in [0.1, 0.15) is 0 Å². The maximum Gasteiger partial charge on any atom is 0.306 e. The van der Waals surface area contributed by atoms with E-state index >= 15 is 0 Å². The molecule has 3 fully saturated rings. The lowest BCUT2D eigenvalue weighted by Crippen LogP contribution is -2.63. The van der Waals surface area contributed by atoms with Crippen molar-refractivity contribution in [3.8, 4) is 0 Å². The molecule has 0 saturated heterocycles. The van der Waals surface area contributed by atoms with Crippen molar-refractivity contribution in [2.24, 2.45) is 16.7 Å². The van der Waals surface area contributed by atoms with Crippen molar-refractivity contribution < 1.29 is 14.7 Å². The van der Waals surface area contributed by atoms with Gasteiger partial charge in [0.2, 0.25) is 5.91 Å². The van der Waals surface area contributed by atoms with Crippen LogP contribution in [0.4, 0.5) is 0 Å². The Morgan fingerprint density at radius 2 is 1.65 bits per heavy atom. The van der Waals surface area contributed by atoms with Crippen molar-refractivity contribution in [1.29, 1.82) is 0 Å². The first-order valence-electron chi connectivity index (χ1n) is 6.42. The second kappa shape index (κ2) is 3.24. The van der Waals surface area contributed by atoms with E-state index in [0.29, 0.717) is 16.9 Å². The first-order chi connectivity index (χ1) is 7.92. The summed E-state index contributed by atoms with van der Waals surface area (Å²) in [7, 11) is 0. The molecule has 2 N–H and O–H groups in total. The van der Waals surface area contributed by atoms with Gasteiger partial charge in [-0.05, 0) is 49.4 Å². The molecule has 4 nitrogen and oxygen atoms in total. The van der Waals surface area contributed by atoms with E-state index in [1.165, 1.54) is 12.8 Å². The van der Waals surface area contributed by atoms with Gasteiger partial charge in [0.15, 0.2) is 0 Å². The van der Waals surface area contributed by atoms with Gasteiger partial charge in [0, 0.05) is 13.0 Å². The van der Waals surface area contributed by atoms with Crippen LogP contribution < -0.4 is 5.32 Å². The molecular formula is C13H19NO3. The van der Waals surface area contributed by atoms with Gasteiger partial charge < -0.3 is 10.4 Å². The summed E-state index contributed by atoms with van der Waals surface area (Å²) in [6.45, 7) is 1.57. The Kier molecular flexibility index (Phi) is 2.11. The first-order valence-corrected chi connectivity index (χ1v) is 6.42. The van der Waals surface area contributed by atoms with Crippen molar-refractivity contribution in [2.75, 3.05) is 0 Å². The van der Waals surface area contributed by atoms with Crippen LogP contribution in [0.25, 0.3) is 0 Å². The first kappa shape index (κ1) is 11.1. The van der Waals surface area contributed by atoms with Crippen LogP contribution in [0.2, 0.25) is 0 Å². The number of carboxylic acids is 1. The second-order valence-corrected chi connectivity index (χ2v) is 6.60. The Morgan fingerprint density at radius 1 is 1.12 bits per heavy atom. The highest BCUT2D eigenvalue weighted by molar-refractivity contribution is 5.73. The summed E-state index contributed by atoms with van der Waals surface area (Å²) in [5, 5.41) is 11.8. The highest BCUT2D eigenvalue weighted by atomic mass is 16.4. The van der Waals surface area contributed by atoms with E-state index in [-0.39, 0.29) is 11.8 Å². The highest BCUT2D eigenvalue weighted by Crippen LogP contribution is 2.72. The van der Waals surface area contributed by atoms with Gasteiger partial charge in [-0.25, -0.2) is 0 Å². The Morgan fingerprint density at radius 3 is 2.12 bits per heavy atom. The fourth-order valence-corrected chi connectivity index (χ4v) is 4.65. The molecule has 0 aromatic carbocycles. The minimum atomic E-state index is -0.624. The number of rotatable bonds is 2. The zero-order chi connectivity index (χ0) is 12.3. The summed E-state index contributed by atoms with van der Waals surface area (Å²) in [6, 6.07) is 0.375. The number of hydrogen-bond acceptors (Lipinski definition) is 2. The predicted molar refractivity (Wildman–Crippen MR) is 61.3 cm³/mol. The lowest BCUT2D eigenvalue weighted by atomic mass is 9.37. The largest absolute Gasteiger partial charge is 0.481 e. The van der Waals surface area contributed by atoms with Crippen molar-refractivity contribution in [2.45, 2.75) is 51.5 Å². The lowest BCUT2D eigenvalue weighted by Gasteiger charge is -2.68. The van der Waals surface area contributed by atoms with Crippen LogP contribution in [0, 0.1) is 16.7 Å². The predicted octanol–water partition coefficient (Wildman–Crippen LogP) is 1.55.